The summed E-state index contributed by atoms with van der Waals surface area (Å²) in [6, 6.07) is 8.97. The smallest absolute Gasteiger partial charge is 0.416 e. The van der Waals surface area contributed by atoms with Gasteiger partial charge in [-0.15, -0.1) is 0 Å². The molecule has 0 aromatic heterocycles. The molecule has 0 aliphatic carbocycles. The molecule has 0 aliphatic heterocycles. The van der Waals surface area contributed by atoms with E-state index in [0.717, 1.165) is 12.1 Å². The van der Waals surface area contributed by atoms with E-state index in [-0.39, 0.29) is 22.9 Å². The van der Waals surface area contributed by atoms with Crippen molar-refractivity contribution in [2.24, 2.45) is 0 Å². The van der Waals surface area contributed by atoms with Gasteiger partial charge in [0.2, 0.25) is 10.0 Å². The quantitative estimate of drug-likeness (QED) is 0.819. The van der Waals surface area contributed by atoms with Crippen LogP contribution in [-0.4, -0.2) is 21.3 Å². The maximum absolute atomic E-state index is 12.9. The van der Waals surface area contributed by atoms with Crippen LogP contribution in [0.2, 0.25) is 0 Å². The standard InChI is InChI=1S/C16H16F3NO4S/c1-3-25(21,22)20-14-9-11(16(17,18)19)7-8-15(14)24-13-6-4-5-12(10-13)23-2/h4-10,20H,3H2,1-2H3. The molecule has 9 heteroatoms. The minimum Gasteiger partial charge on any atom is -0.497 e. The Balaban J connectivity index is 2.44. The van der Waals surface area contributed by atoms with Crippen LogP contribution in [-0.2, 0) is 16.2 Å². The zero-order chi connectivity index (χ0) is 18.7. The average molecular weight is 375 g/mol. The highest BCUT2D eigenvalue weighted by molar-refractivity contribution is 7.92. The first-order valence-electron chi connectivity index (χ1n) is 7.18. The Morgan fingerprint density at radius 3 is 2.36 bits per heavy atom. The lowest BCUT2D eigenvalue weighted by atomic mass is 10.2. The molecule has 0 radical (unpaired) electrons. The fourth-order valence-electron chi connectivity index (χ4n) is 1.91. The van der Waals surface area contributed by atoms with Crippen molar-refractivity contribution >= 4 is 15.7 Å². The van der Waals surface area contributed by atoms with Gasteiger partial charge in [0.1, 0.15) is 11.5 Å². The summed E-state index contributed by atoms with van der Waals surface area (Å²) in [6.07, 6.45) is -4.61. The molecule has 0 saturated heterocycles. The van der Waals surface area contributed by atoms with E-state index in [1.165, 1.54) is 20.1 Å². The first-order valence-corrected chi connectivity index (χ1v) is 8.83. The maximum Gasteiger partial charge on any atom is 0.416 e. The Labute approximate surface area is 143 Å². The van der Waals surface area contributed by atoms with Gasteiger partial charge in [-0.1, -0.05) is 6.07 Å². The summed E-state index contributed by atoms with van der Waals surface area (Å²) in [6.45, 7) is 1.37. The van der Waals surface area contributed by atoms with Crippen LogP contribution >= 0.6 is 0 Å². The van der Waals surface area contributed by atoms with Crippen LogP contribution in [0.25, 0.3) is 0 Å². The second-order valence-corrected chi connectivity index (χ2v) is 7.01. The van der Waals surface area contributed by atoms with Crippen LogP contribution in [0.1, 0.15) is 12.5 Å². The number of nitrogens with one attached hydrogen (secondary N) is 1. The van der Waals surface area contributed by atoms with Crippen LogP contribution < -0.4 is 14.2 Å². The Hall–Kier alpha value is -2.42. The van der Waals surface area contributed by atoms with Gasteiger partial charge in [-0.2, -0.15) is 13.2 Å². The van der Waals surface area contributed by atoms with Crippen LogP contribution in [0.3, 0.4) is 0 Å². The predicted octanol–water partition coefficient (Wildman–Crippen LogP) is 4.27. The summed E-state index contributed by atoms with van der Waals surface area (Å²) >= 11 is 0. The summed E-state index contributed by atoms with van der Waals surface area (Å²) in [7, 11) is -2.33. The molecule has 25 heavy (non-hydrogen) atoms. The van der Waals surface area contributed by atoms with Gasteiger partial charge < -0.3 is 9.47 Å². The summed E-state index contributed by atoms with van der Waals surface area (Å²) < 4.78 is 74.9. The lowest BCUT2D eigenvalue weighted by molar-refractivity contribution is -0.137. The van der Waals surface area contributed by atoms with Crippen molar-refractivity contribution in [2.75, 3.05) is 17.6 Å². The monoisotopic (exact) mass is 375 g/mol. The lowest BCUT2D eigenvalue weighted by Crippen LogP contribution is -2.16. The van der Waals surface area contributed by atoms with E-state index < -0.39 is 21.8 Å². The van der Waals surface area contributed by atoms with E-state index in [2.05, 4.69) is 4.72 Å². The molecule has 5 nitrogen and oxygen atoms in total. The number of alkyl halides is 3. The Kier molecular flexibility index (Phi) is 5.46. The second-order valence-electron chi connectivity index (χ2n) is 5.00. The maximum atomic E-state index is 12.9. The van der Waals surface area contributed by atoms with Crippen LogP contribution in [0.5, 0.6) is 17.2 Å². The molecule has 0 unspecified atom stereocenters. The fraction of sp³-hybridized carbons (Fsp3) is 0.250. The van der Waals surface area contributed by atoms with Crippen LogP contribution in [0, 0.1) is 0 Å². The van der Waals surface area contributed by atoms with Gasteiger partial charge in [0, 0.05) is 6.07 Å². The van der Waals surface area contributed by atoms with Crippen LogP contribution in [0.15, 0.2) is 42.5 Å². The molecule has 136 valence electrons. The Bertz CT molecular complexity index is 851. The molecule has 0 heterocycles. The van der Waals surface area contributed by atoms with Gasteiger partial charge >= 0.3 is 6.18 Å². The lowest BCUT2D eigenvalue weighted by Gasteiger charge is -2.16. The molecule has 0 bridgehead atoms. The van der Waals surface area contributed by atoms with Gasteiger partial charge in [-0.05, 0) is 37.3 Å². The number of hydrogen-bond donors (Lipinski definition) is 1. The third-order valence-electron chi connectivity index (χ3n) is 3.22. The number of anilines is 1. The van der Waals surface area contributed by atoms with E-state index in [1.54, 1.807) is 18.2 Å². The highest BCUT2D eigenvalue weighted by Crippen LogP contribution is 2.37. The minimum atomic E-state index is -4.61. The van der Waals surface area contributed by atoms with Crippen molar-refractivity contribution in [1.29, 1.82) is 0 Å². The van der Waals surface area contributed by atoms with E-state index in [9.17, 15) is 21.6 Å². The van der Waals surface area contributed by atoms with Crippen molar-refractivity contribution < 1.29 is 31.1 Å². The van der Waals surface area contributed by atoms with Crippen molar-refractivity contribution in [1.82, 2.24) is 0 Å². The van der Waals surface area contributed by atoms with E-state index in [1.807, 2.05) is 0 Å². The van der Waals surface area contributed by atoms with Gasteiger partial charge in [-0.25, -0.2) is 8.42 Å². The first-order chi connectivity index (χ1) is 11.6. The van der Waals surface area contributed by atoms with Gasteiger partial charge in [-0.3, -0.25) is 4.72 Å². The average Bonchev–Trinajstić information content (AvgIpc) is 2.55. The summed E-state index contributed by atoms with van der Waals surface area (Å²) in [5, 5.41) is 0. The molecule has 1 N–H and O–H groups in total. The topological polar surface area (TPSA) is 64.6 Å². The largest absolute Gasteiger partial charge is 0.497 e. The zero-order valence-corrected chi connectivity index (χ0v) is 14.2. The summed E-state index contributed by atoms with van der Waals surface area (Å²) in [5.41, 5.74) is -1.28. The number of hydrogen-bond acceptors (Lipinski definition) is 4. The zero-order valence-electron chi connectivity index (χ0n) is 13.4. The van der Waals surface area contributed by atoms with Crippen molar-refractivity contribution in [2.45, 2.75) is 13.1 Å². The predicted molar refractivity (Wildman–Crippen MR) is 87.6 cm³/mol. The Morgan fingerprint density at radius 1 is 1.08 bits per heavy atom. The van der Waals surface area contributed by atoms with Gasteiger partial charge in [0.15, 0.2) is 5.75 Å². The second kappa shape index (κ2) is 7.22. The molecule has 0 spiro atoms. The first kappa shape index (κ1) is 18.9. The highest BCUT2D eigenvalue weighted by atomic mass is 32.2. The molecule has 2 rings (SSSR count). The molecule has 0 saturated carbocycles. The molecule has 0 fully saturated rings. The molecule has 2 aromatic carbocycles. The molecule has 0 aliphatic rings. The number of ether oxygens (including phenoxy) is 2. The van der Waals surface area contributed by atoms with E-state index in [0.29, 0.717) is 11.8 Å². The SMILES string of the molecule is CCS(=O)(=O)Nc1cc(C(F)(F)F)ccc1Oc1cccc(OC)c1. The summed E-state index contributed by atoms with van der Waals surface area (Å²) in [4.78, 5) is 0. The highest BCUT2D eigenvalue weighted by Gasteiger charge is 2.31. The third-order valence-corrected chi connectivity index (χ3v) is 4.51. The number of rotatable bonds is 6. The molecule has 0 atom stereocenters. The molecular formula is C16H16F3NO4S. The normalized spacial score (nSPS) is 11.9. The van der Waals surface area contributed by atoms with Crippen molar-refractivity contribution in [3.63, 3.8) is 0 Å². The molecule has 2 aromatic rings. The fourth-order valence-corrected chi connectivity index (χ4v) is 2.55. The Morgan fingerprint density at radius 2 is 1.76 bits per heavy atom. The van der Waals surface area contributed by atoms with Crippen molar-refractivity contribution in [3.05, 3.63) is 48.0 Å². The summed E-state index contributed by atoms with van der Waals surface area (Å²) in [5.74, 6) is 0.427. The number of benzene rings is 2. The van der Waals surface area contributed by atoms with E-state index >= 15 is 0 Å². The van der Waals surface area contributed by atoms with E-state index in [4.69, 9.17) is 9.47 Å². The van der Waals surface area contributed by atoms with Crippen molar-refractivity contribution in [3.8, 4) is 17.2 Å². The van der Waals surface area contributed by atoms with Crippen LogP contribution in [0.4, 0.5) is 18.9 Å². The number of halogens is 3. The van der Waals surface area contributed by atoms with Gasteiger partial charge in [0.05, 0.1) is 24.1 Å². The minimum absolute atomic E-state index is 0.0571. The number of sulfonamides is 1. The third kappa shape index (κ3) is 5.02. The van der Waals surface area contributed by atoms with Gasteiger partial charge in [0.25, 0.3) is 0 Å². The number of methoxy groups -OCH3 is 1. The molecular weight excluding hydrogens is 359 g/mol. The molecule has 0 amide bonds.